The first kappa shape index (κ1) is 28.4. The highest BCUT2D eigenvalue weighted by molar-refractivity contribution is 6.32. The number of nitrogens with zero attached hydrogens (tertiary/aromatic N) is 1. The van der Waals surface area contributed by atoms with Gasteiger partial charge in [-0.3, -0.25) is 9.59 Å². The number of carbonyl (C=O) groups is 2. The maximum absolute atomic E-state index is 10.8. The van der Waals surface area contributed by atoms with Crippen molar-refractivity contribution in [2.75, 3.05) is 17.7 Å². The Kier molecular flexibility index (Phi) is 16.7. The summed E-state index contributed by atoms with van der Waals surface area (Å²) in [4.78, 5) is 25.3. The Morgan fingerprint density at radius 3 is 2.45 bits per heavy atom. The van der Waals surface area contributed by atoms with Crippen molar-refractivity contribution < 1.29 is 14.3 Å². The van der Waals surface area contributed by atoms with Gasteiger partial charge < -0.3 is 15.4 Å². The minimum atomic E-state index is -0.0761. The van der Waals surface area contributed by atoms with Crippen LogP contribution in [0.15, 0.2) is 42.6 Å². The van der Waals surface area contributed by atoms with Crippen LogP contribution in [0.5, 0.6) is 11.6 Å². The highest BCUT2D eigenvalue weighted by Gasteiger charge is 2.05. The van der Waals surface area contributed by atoms with Crippen molar-refractivity contribution in [3.8, 4) is 11.6 Å². The predicted octanol–water partition coefficient (Wildman–Crippen LogP) is 6.30. The Morgan fingerprint density at radius 2 is 1.97 bits per heavy atom. The summed E-state index contributed by atoms with van der Waals surface area (Å²) in [6, 6.07) is 8.46. The third-order valence-corrected chi connectivity index (χ3v) is 3.96. The molecular formula is C23H31Cl2N3O3. The van der Waals surface area contributed by atoms with Crippen molar-refractivity contribution in [3.63, 3.8) is 0 Å². The largest absolute Gasteiger partial charge is 0.437 e. The van der Waals surface area contributed by atoms with Gasteiger partial charge in [-0.05, 0) is 36.2 Å². The third-order valence-electron chi connectivity index (χ3n) is 3.40. The predicted molar refractivity (Wildman–Crippen MR) is 130 cm³/mol. The molecule has 0 aliphatic heterocycles. The van der Waals surface area contributed by atoms with E-state index < -0.39 is 0 Å². The SMILES string of the molecule is CC.CC(=O)NC/C=C/c1ccc(Oc2ccc(NC=O)cc2Cl)nc1.CCCCCl. The normalized spacial score (nSPS) is 9.61. The van der Waals surface area contributed by atoms with Gasteiger partial charge in [0.15, 0.2) is 0 Å². The van der Waals surface area contributed by atoms with E-state index in [2.05, 4.69) is 22.5 Å². The highest BCUT2D eigenvalue weighted by Crippen LogP contribution is 2.30. The minimum Gasteiger partial charge on any atom is -0.437 e. The quantitative estimate of drug-likeness (QED) is 0.335. The Balaban J connectivity index is 0.00000113. The smallest absolute Gasteiger partial charge is 0.219 e. The number of rotatable bonds is 9. The summed E-state index contributed by atoms with van der Waals surface area (Å²) in [6.45, 7) is 8.06. The van der Waals surface area contributed by atoms with Crippen molar-refractivity contribution in [2.45, 2.75) is 40.5 Å². The molecule has 0 spiro atoms. The van der Waals surface area contributed by atoms with Gasteiger partial charge in [-0.25, -0.2) is 4.98 Å². The van der Waals surface area contributed by atoms with E-state index in [1.165, 1.54) is 13.3 Å². The standard InChI is InChI=1S/C17H16ClN3O3.C4H9Cl.C2H6/c1-12(23)19-8-2-3-13-4-7-17(20-10-13)24-16-6-5-14(21-11-22)9-15(16)18;1-2-3-4-5;1-2/h2-7,9-11H,8H2,1H3,(H,19,23)(H,21,22);2-4H2,1H3;1-2H3/b3-2+;;. The first-order valence-corrected chi connectivity index (χ1v) is 11.0. The van der Waals surface area contributed by atoms with Crippen LogP contribution in [-0.2, 0) is 9.59 Å². The molecule has 0 saturated carbocycles. The van der Waals surface area contributed by atoms with Gasteiger partial charge in [0, 0.05) is 37.3 Å². The van der Waals surface area contributed by atoms with E-state index in [9.17, 15) is 9.59 Å². The fourth-order valence-electron chi connectivity index (χ4n) is 1.94. The molecule has 2 N–H and O–H groups in total. The van der Waals surface area contributed by atoms with Gasteiger partial charge >= 0.3 is 0 Å². The molecule has 0 aliphatic carbocycles. The van der Waals surface area contributed by atoms with Crippen molar-refractivity contribution >= 4 is 47.3 Å². The lowest BCUT2D eigenvalue weighted by Crippen LogP contribution is -2.19. The van der Waals surface area contributed by atoms with Crippen LogP contribution in [0.3, 0.4) is 0 Å². The first-order chi connectivity index (χ1) is 15.0. The number of carbonyl (C=O) groups excluding carboxylic acids is 2. The number of halogens is 2. The molecule has 2 amide bonds. The molecule has 0 unspecified atom stereocenters. The molecule has 1 aromatic carbocycles. The molecule has 170 valence electrons. The van der Waals surface area contributed by atoms with Crippen LogP contribution in [0.2, 0.25) is 5.02 Å². The zero-order chi connectivity index (χ0) is 23.5. The number of benzene rings is 1. The summed E-state index contributed by atoms with van der Waals surface area (Å²) >= 11 is 11.4. The van der Waals surface area contributed by atoms with E-state index in [0.717, 1.165) is 17.9 Å². The van der Waals surface area contributed by atoms with E-state index in [1.54, 1.807) is 30.5 Å². The zero-order valence-electron chi connectivity index (χ0n) is 18.5. The summed E-state index contributed by atoms with van der Waals surface area (Å²) in [5.41, 5.74) is 1.46. The number of alkyl halides is 1. The van der Waals surface area contributed by atoms with Crippen molar-refractivity contribution in [1.82, 2.24) is 10.3 Å². The van der Waals surface area contributed by atoms with Crippen LogP contribution in [0.25, 0.3) is 6.08 Å². The average Bonchev–Trinajstić information content (AvgIpc) is 2.77. The number of nitrogens with one attached hydrogen (secondary N) is 2. The zero-order valence-corrected chi connectivity index (χ0v) is 20.0. The summed E-state index contributed by atoms with van der Waals surface area (Å²) in [5.74, 6) is 1.57. The molecule has 0 atom stereocenters. The van der Waals surface area contributed by atoms with Gasteiger partial charge in [0.25, 0.3) is 0 Å². The number of ether oxygens (including phenoxy) is 1. The number of hydrogen-bond donors (Lipinski definition) is 2. The summed E-state index contributed by atoms with van der Waals surface area (Å²) < 4.78 is 5.61. The van der Waals surface area contributed by atoms with E-state index in [4.69, 9.17) is 27.9 Å². The molecule has 0 radical (unpaired) electrons. The van der Waals surface area contributed by atoms with Crippen LogP contribution in [-0.4, -0.2) is 29.7 Å². The maximum Gasteiger partial charge on any atom is 0.219 e. The number of anilines is 1. The van der Waals surface area contributed by atoms with Gasteiger partial charge in [0.05, 0.1) is 5.02 Å². The average molecular weight is 468 g/mol. The minimum absolute atomic E-state index is 0.0761. The number of amides is 2. The van der Waals surface area contributed by atoms with E-state index in [0.29, 0.717) is 35.3 Å². The second-order valence-electron chi connectivity index (χ2n) is 5.82. The number of pyridine rings is 1. The molecule has 8 heteroatoms. The van der Waals surface area contributed by atoms with Crippen LogP contribution >= 0.6 is 23.2 Å². The molecule has 1 heterocycles. The van der Waals surface area contributed by atoms with Gasteiger partial charge in [-0.1, -0.05) is 50.9 Å². The van der Waals surface area contributed by atoms with E-state index in [-0.39, 0.29) is 5.91 Å². The molecule has 31 heavy (non-hydrogen) atoms. The highest BCUT2D eigenvalue weighted by atomic mass is 35.5. The number of unbranched alkanes of at least 4 members (excludes halogenated alkanes) is 1. The molecule has 0 bridgehead atoms. The fourth-order valence-corrected chi connectivity index (χ4v) is 2.42. The summed E-state index contributed by atoms with van der Waals surface area (Å²) in [5, 5.41) is 5.54. The van der Waals surface area contributed by atoms with Crippen LogP contribution in [0, 0.1) is 0 Å². The molecule has 6 nitrogen and oxygen atoms in total. The molecule has 0 fully saturated rings. The van der Waals surface area contributed by atoms with Gasteiger partial charge in [-0.2, -0.15) is 0 Å². The summed E-state index contributed by atoms with van der Waals surface area (Å²) in [7, 11) is 0. The Bertz CT molecular complexity index is 795. The van der Waals surface area contributed by atoms with E-state index in [1.807, 2.05) is 32.1 Å². The van der Waals surface area contributed by atoms with Crippen molar-refractivity contribution in [1.29, 1.82) is 0 Å². The maximum atomic E-state index is 10.8. The number of hydrogen-bond acceptors (Lipinski definition) is 4. The Hall–Kier alpha value is -2.57. The lowest BCUT2D eigenvalue weighted by Gasteiger charge is -2.08. The van der Waals surface area contributed by atoms with Gasteiger partial charge in [-0.15, -0.1) is 11.6 Å². The molecular weight excluding hydrogens is 437 g/mol. The second-order valence-corrected chi connectivity index (χ2v) is 6.61. The van der Waals surface area contributed by atoms with Crippen LogP contribution in [0.4, 0.5) is 5.69 Å². The lowest BCUT2D eigenvalue weighted by molar-refractivity contribution is -0.118. The first-order valence-electron chi connectivity index (χ1n) is 10.1. The lowest BCUT2D eigenvalue weighted by atomic mass is 10.2. The second kappa shape index (κ2) is 18.2. The fraction of sp³-hybridized carbons (Fsp3) is 0.348. The van der Waals surface area contributed by atoms with Gasteiger partial charge in [0.2, 0.25) is 18.2 Å². The molecule has 2 rings (SSSR count). The third kappa shape index (κ3) is 13.4. The van der Waals surface area contributed by atoms with Gasteiger partial charge in [0.1, 0.15) is 5.75 Å². The van der Waals surface area contributed by atoms with Crippen LogP contribution < -0.4 is 15.4 Å². The summed E-state index contributed by atoms with van der Waals surface area (Å²) in [6.07, 6.45) is 8.26. The van der Waals surface area contributed by atoms with Crippen LogP contribution in [0.1, 0.15) is 46.1 Å². The number of aromatic nitrogens is 1. The van der Waals surface area contributed by atoms with Crippen molar-refractivity contribution in [2.24, 2.45) is 0 Å². The monoisotopic (exact) mass is 467 g/mol. The van der Waals surface area contributed by atoms with Crippen molar-refractivity contribution in [3.05, 3.63) is 53.2 Å². The molecule has 0 aliphatic rings. The Labute approximate surface area is 195 Å². The molecule has 1 aromatic heterocycles. The molecule has 0 saturated heterocycles. The molecule has 2 aromatic rings. The van der Waals surface area contributed by atoms with E-state index >= 15 is 0 Å². The Morgan fingerprint density at radius 1 is 1.23 bits per heavy atom. The topological polar surface area (TPSA) is 80.3 Å².